The Bertz CT molecular complexity index is 869. The van der Waals surface area contributed by atoms with Gasteiger partial charge in [0, 0.05) is 30.0 Å². The number of hydrogen-bond donors (Lipinski definition) is 3. The van der Waals surface area contributed by atoms with Crippen LogP contribution in [0.25, 0.3) is 0 Å². The minimum absolute atomic E-state index is 0.00199. The smallest absolute Gasteiger partial charge is 0.323 e. The average molecular weight is 394 g/mol. The maximum absolute atomic E-state index is 12.8. The van der Waals surface area contributed by atoms with Gasteiger partial charge in [-0.05, 0) is 49.6 Å². The first-order chi connectivity index (χ1) is 14.1. The topological polar surface area (TPSA) is 90.5 Å². The molecule has 2 aromatic rings. The number of anilines is 3. The number of amides is 4. The van der Waals surface area contributed by atoms with Gasteiger partial charge in [0.25, 0.3) is 0 Å². The highest BCUT2D eigenvalue weighted by Crippen LogP contribution is 2.21. The van der Waals surface area contributed by atoms with Crippen LogP contribution in [0.15, 0.2) is 54.6 Å². The number of carbonyl (C=O) groups is 3. The first-order valence-electron chi connectivity index (χ1n) is 9.90. The molecule has 1 saturated heterocycles. The zero-order chi connectivity index (χ0) is 20.6. The van der Waals surface area contributed by atoms with Crippen molar-refractivity contribution < 1.29 is 14.4 Å². The van der Waals surface area contributed by atoms with Crippen LogP contribution in [0, 0.1) is 0 Å². The summed E-state index contributed by atoms with van der Waals surface area (Å²) in [5, 5.41) is 8.38. The molecule has 2 aromatic carbocycles. The molecule has 0 spiro atoms. The van der Waals surface area contributed by atoms with Gasteiger partial charge in [-0.25, -0.2) is 4.79 Å². The Balaban J connectivity index is 1.62. The second-order valence-electron chi connectivity index (χ2n) is 6.97. The van der Waals surface area contributed by atoms with Crippen LogP contribution in [0.2, 0.25) is 0 Å². The van der Waals surface area contributed by atoms with E-state index >= 15 is 0 Å². The van der Waals surface area contributed by atoms with Crippen molar-refractivity contribution in [1.82, 2.24) is 4.90 Å². The number of nitrogens with zero attached hydrogens (tertiary/aromatic N) is 1. The maximum atomic E-state index is 12.8. The molecule has 1 heterocycles. The Morgan fingerprint density at radius 2 is 1.55 bits per heavy atom. The Labute approximate surface area is 170 Å². The molecule has 0 radical (unpaired) electrons. The van der Waals surface area contributed by atoms with Crippen LogP contribution in [-0.4, -0.2) is 35.3 Å². The van der Waals surface area contributed by atoms with E-state index < -0.39 is 6.04 Å². The molecule has 0 aromatic heterocycles. The lowest BCUT2D eigenvalue weighted by molar-refractivity contribution is -0.140. The van der Waals surface area contributed by atoms with Crippen LogP contribution in [-0.2, 0) is 9.59 Å². The number of urea groups is 1. The van der Waals surface area contributed by atoms with Crippen molar-refractivity contribution in [2.45, 2.75) is 38.6 Å². The van der Waals surface area contributed by atoms with E-state index in [0.717, 1.165) is 12.8 Å². The molecule has 4 amide bonds. The van der Waals surface area contributed by atoms with Gasteiger partial charge in [-0.1, -0.05) is 31.2 Å². The highest BCUT2D eigenvalue weighted by molar-refractivity contribution is 6.01. The quantitative estimate of drug-likeness (QED) is 0.714. The standard InChI is InChI=1S/C22H26N4O3/c1-2-20(27)26-14-7-6-13-19(26)21(28)23-17-11-8-12-18(15-17)25-22(29)24-16-9-4-3-5-10-16/h3-5,8-12,15,19H,2,6-7,13-14H2,1H3,(H,23,28)(H2,24,25,29). The summed E-state index contributed by atoms with van der Waals surface area (Å²) in [6.45, 7) is 2.42. The van der Waals surface area contributed by atoms with Crippen molar-refractivity contribution in [2.24, 2.45) is 0 Å². The first kappa shape index (κ1) is 20.4. The Morgan fingerprint density at radius 1 is 0.897 bits per heavy atom. The van der Waals surface area contributed by atoms with E-state index in [2.05, 4.69) is 16.0 Å². The zero-order valence-corrected chi connectivity index (χ0v) is 16.5. The Hall–Kier alpha value is -3.35. The molecule has 1 fully saturated rings. The molecule has 0 bridgehead atoms. The van der Waals surface area contributed by atoms with Gasteiger partial charge in [0.15, 0.2) is 0 Å². The molecule has 3 rings (SSSR count). The summed E-state index contributed by atoms with van der Waals surface area (Å²) in [7, 11) is 0. The van der Waals surface area contributed by atoms with Crippen LogP contribution < -0.4 is 16.0 Å². The molecule has 0 aliphatic carbocycles. The van der Waals surface area contributed by atoms with E-state index in [1.54, 1.807) is 41.3 Å². The SMILES string of the molecule is CCC(=O)N1CCCCC1C(=O)Nc1cccc(NC(=O)Nc2ccccc2)c1. The van der Waals surface area contributed by atoms with Crippen LogP contribution in [0.5, 0.6) is 0 Å². The molecule has 0 saturated carbocycles. The molecule has 1 atom stereocenters. The lowest BCUT2D eigenvalue weighted by Gasteiger charge is -2.34. The second-order valence-corrected chi connectivity index (χ2v) is 6.97. The second kappa shape index (κ2) is 9.73. The average Bonchev–Trinajstić information content (AvgIpc) is 2.74. The number of carbonyl (C=O) groups excluding carboxylic acids is 3. The number of rotatable bonds is 5. The molecule has 1 aliphatic rings. The molecule has 29 heavy (non-hydrogen) atoms. The number of para-hydroxylation sites is 1. The summed E-state index contributed by atoms with van der Waals surface area (Å²) < 4.78 is 0. The Kier molecular flexibility index (Phi) is 6.84. The van der Waals surface area contributed by atoms with Gasteiger partial charge in [-0.15, -0.1) is 0 Å². The molecular weight excluding hydrogens is 368 g/mol. The summed E-state index contributed by atoms with van der Waals surface area (Å²) in [6, 6.07) is 15.3. The summed E-state index contributed by atoms with van der Waals surface area (Å²) in [4.78, 5) is 38.8. The molecule has 7 heteroatoms. The Morgan fingerprint density at radius 3 is 2.28 bits per heavy atom. The molecule has 7 nitrogen and oxygen atoms in total. The monoisotopic (exact) mass is 394 g/mol. The lowest BCUT2D eigenvalue weighted by atomic mass is 10.0. The summed E-state index contributed by atoms with van der Waals surface area (Å²) in [5.41, 5.74) is 1.82. The van der Waals surface area contributed by atoms with E-state index in [1.807, 2.05) is 25.1 Å². The third kappa shape index (κ3) is 5.57. The third-order valence-corrected chi connectivity index (χ3v) is 4.85. The lowest BCUT2D eigenvalue weighted by Crippen LogP contribution is -2.49. The summed E-state index contributed by atoms with van der Waals surface area (Å²) in [6.07, 6.45) is 2.90. The van der Waals surface area contributed by atoms with Crippen molar-refractivity contribution in [1.29, 1.82) is 0 Å². The van der Waals surface area contributed by atoms with Crippen LogP contribution in [0.1, 0.15) is 32.6 Å². The van der Waals surface area contributed by atoms with Crippen LogP contribution in [0.4, 0.5) is 21.9 Å². The summed E-state index contributed by atoms with van der Waals surface area (Å²) >= 11 is 0. The molecular formula is C22H26N4O3. The maximum Gasteiger partial charge on any atom is 0.323 e. The minimum atomic E-state index is -0.450. The van der Waals surface area contributed by atoms with E-state index in [0.29, 0.717) is 36.4 Å². The molecule has 1 aliphatic heterocycles. The van der Waals surface area contributed by atoms with Gasteiger partial charge in [0.1, 0.15) is 6.04 Å². The number of nitrogens with one attached hydrogen (secondary N) is 3. The van der Waals surface area contributed by atoms with Crippen molar-refractivity contribution in [3.8, 4) is 0 Å². The fraction of sp³-hybridized carbons (Fsp3) is 0.318. The first-order valence-corrected chi connectivity index (χ1v) is 9.90. The molecule has 1 unspecified atom stereocenters. The van der Waals surface area contributed by atoms with E-state index in [1.165, 1.54) is 0 Å². The van der Waals surface area contributed by atoms with Crippen molar-refractivity contribution >= 4 is 34.9 Å². The predicted octanol–water partition coefficient (Wildman–Crippen LogP) is 4.06. The van der Waals surface area contributed by atoms with E-state index in [-0.39, 0.29) is 17.8 Å². The van der Waals surface area contributed by atoms with Crippen LogP contribution in [0.3, 0.4) is 0 Å². The number of likely N-dealkylation sites (tertiary alicyclic amines) is 1. The largest absolute Gasteiger partial charge is 0.331 e. The fourth-order valence-electron chi connectivity index (χ4n) is 3.42. The fourth-order valence-corrected chi connectivity index (χ4v) is 3.42. The third-order valence-electron chi connectivity index (χ3n) is 4.85. The highest BCUT2D eigenvalue weighted by Gasteiger charge is 2.31. The number of piperidine rings is 1. The number of benzene rings is 2. The predicted molar refractivity (Wildman–Crippen MR) is 114 cm³/mol. The van der Waals surface area contributed by atoms with E-state index in [4.69, 9.17) is 0 Å². The van der Waals surface area contributed by atoms with Crippen molar-refractivity contribution in [3.63, 3.8) is 0 Å². The summed E-state index contributed by atoms with van der Waals surface area (Å²) in [5.74, 6) is -0.199. The van der Waals surface area contributed by atoms with Gasteiger partial charge in [-0.2, -0.15) is 0 Å². The van der Waals surface area contributed by atoms with E-state index in [9.17, 15) is 14.4 Å². The normalized spacial score (nSPS) is 16.0. The number of hydrogen-bond acceptors (Lipinski definition) is 3. The van der Waals surface area contributed by atoms with Gasteiger partial charge < -0.3 is 20.9 Å². The highest BCUT2D eigenvalue weighted by atomic mass is 16.2. The zero-order valence-electron chi connectivity index (χ0n) is 16.5. The van der Waals surface area contributed by atoms with Gasteiger partial charge in [0.2, 0.25) is 11.8 Å². The van der Waals surface area contributed by atoms with Crippen molar-refractivity contribution in [3.05, 3.63) is 54.6 Å². The molecule has 3 N–H and O–H groups in total. The van der Waals surface area contributed by atoms with Gasteiger partial charge in [-0.3, -0.25) is 9.59 Å². The van der Waals surface area contributed by atoms with Gasteiger partial charge >= 0.3 is 6.03 Å². The van der Waals surface area contributed by atoms with Crippen LogP contribution >= 0.6 is 0 Å². The van der Waals surface area contributed by atoms with Gasteiger partial charge in [0.05, 0.1) is 0 Å². The minimum Gasteiger partial charge on any atom is -0.331 e. The van der Waals surface area contributed by atoms with Crippen molar-refractivity contribution in [2.75, 3.05) is 22.5 Å². The molecule has 152 valence electrons.